The van der Waals surface area contributed by atoms with Gasteiger partial charge >= 0.3 is 0 Å². The third-order valence-corrected chi connectivity index (χ3v) is 7.13. The number of nitrogens with zero attached hydrogens (tertiary/aromatic N) is 4. The Labute approximate surface area is 182 Å². The average Bonchev–Trinajstić information content (AvgIpc) is 2.97. The Morgan fingerprint density at radius 2 is 1.81 bits per heavy atom. The third kappa shape index (κ3) is 2.42. The molecular weight excluding hydrogens is 388 g/mol. The van der Waals surface area contributed by atoms with E-state index >= 15 is 0 Å². The molecule has 3 aliphatic rings. The number of pyridine rings is 1. The molecule has 6 rings (SSSR count). The lowest BCUT2D eigenvalue weighted by atomic mass is 9.77. The van der Waals surface area contributed by atoms with Crippen molar-refractivity contribution in [2.75, 3.05) is 43.2 Å². The molecule has 3 aromatic rings. The summed E-state index contributed by atoms with van der Waals surface area (Å²) >= 11 is 0. The van der Waals surface area contributed by atoms with Gasteiger partial charge in [-0.15, -0.1) is 0 Å². The lowest BCUT2D eigenvalue weighted by molar-refractivity contribution is 0.0826. The van der Waals surface area contributed by atoms with E-state index in [1.807, 2.05) is 18.5 Å². The number of morpholine rings is 1. The number of hydrogen-bond donors (Lipinski definition) is 0. The van der Waals surface area contributed by atoms with Crippen LogP contribution in [0.2, 0.25) is 0 Å². The molecule has 1 unspecified atom stereocenters. The second-order valence-electron chi connectivity index (χ2n) is 9.00. The van der Waals surface area contributed by atoms with Crippen molar-refractivity contribution in [3.63, 3.8) is 0 Å². The lowest BCUT2D eigenvalue weighted by Crippen LogP contribution is -2.61. The number of aromatic nitrogens is 1. The van der Waals surface area contributed by atoms with Gasteiger partial charge in [0.05, 0.1) is 36.0 Å². The molecule has 1 saturated heterocycles. The summed E-state index contributed by atoms with van der Waals surface area (Å²) in [5.74, 6) is 0.803. The predicted octanol–water partition coefficient (Wildman–Crippen LogP) is 4.29. The van der Waals surface area contributed by atoms with Crippen molar-refractivity contribution in [3.05, 3.63) is 54.2 Å². The van der Waals surface area contributed by atoms with Crippen molar-refractivity contribution >= 4 is 34.2 Å². The van der Waals surface area contributed by atoms with E-state index in [0.29, 0.717) is 0 Å². The molecule has 0 aliphatic carbocycles. The van der Waals surface area contributed by atoms with Gasteiger partial charge in [0.25, 0.3) is 0 Å². The lowest BCUT2D eigenvalue weighted by Gasteiger charge is -2.45. The second kappa shape index (κ2) is 6.44. The summed E-state index contributed by atoms with van der Waals surface area (Å²) in [6.07, 6.45) is 3.83. The van der Waals surface area contributed by atoms with E-state index in [9.17, 15) is 0 Å². The Bertz CT molecular complexity index is 1220. The summed E-state index contributed by atoms with van der Waals surface area (Å²) in [5, 5.41) is 1.02. The summed E-state index contributed by atoms with van der Waals surface area (Å²) in [5.41, 5.74) is 4.38. The number of likely N-dealkylation sites (N-methyl/N-ethyl adjacent to an activating group) is 1. The zero-order valence-electron chi connectivity index (χ0n) is 18.1. The molecule has 0 N–H and O–H groups in total. The fraction of sp³-hybridized carbons (Fsp3) is 0.360. The first-order valence-corrected chi connectivity index (χ1v) is 10.8. The molecule has 158 valence electrons. The zero-order chi connectivity index (χ0) is 21.2. The summed E-state index contributed by atoms with van der Waals surface area (Å²) in [4.78, 5) is 14.3. The molecular formula is C25H26N4O2. The Morgan fingerprint density at radius 3 is 2.61 bits per heavy atom. The highest BCUT2D eigenvalue weighted by Gasteiger charge is 2.58. The van der Waals surface area contributed by atoms with E-state index < -0.39 is 5.72 Å². The largest absolute Gasteiger partial charge is 0.459 e. The molecule has 0 radical (unpaired) electrons. The number of para-hydroxylation sites is 1. The summed E-state index contributed by atoms with van der Waals surface area (Å²) in [6.45, 7) is 7.60. The Hall–Kier alpha value is -3.12. The first-order valence-electron chi connectivity index (χ1n) is 10.8. The molecule has 6 heteroatoms. The van der Waals surface area contributed by atoms with E-state index in [2.05, 4.69) is 67.1 Å². The highest BCUT2D eigenvalue weighted by Crippen LogP contribution is 2.54. The maximum Gasteiger partial charge on any atom is 0.228 e. The Balaban J connectivity index is 1.53. The SMILES string of the molecule is CN1c2ccccc2C(C)(C)C12C=Nc1c(cc(N3CCOCC3)c3ncccc13)O2. The van der Waals surface area contributed by atoms with Gasteiger partial charge in [-0.3, -0.25) is 9.98 Å². The third-order valence-electron chi connectivity index (χ3n) is 7.13. The van der Waals surface area contributed by atoms with Crippen LogP contribution in [0.15, 0.2) is 53.7 Å². The van der Waals surface area contributed by atoms with Gasteiger partial charge in [0.1, 0.15) is 5.69 Å². The monoisotopic (exact) mass is 414 g/mol. The number of ether oxygens (including phenoxy) is 2. The van der Waals surface area contributed by atoms with Crippen molar-refractivity contribution in [1.29, 1.82) is 0 Å². The van der Waals surface area contributed by atoms with Crippen LogP contribution in [0, 0.1) is 0 Å². The number of rotatable bonds is 1. The number of fused-ring (bicyclic) bond motifs is 4. The average molecular weight is 415 g/mol. The first-order chi connectivity index (χ1) is 15.0. The molecule has 0 bridgehead atoms. The summed E-state index contributed by atoms with van der Waals surface area (Å²) in [7, 11) is 2.09. The molecule has 1 fully saturated rings. The van der Waals surface area contributed by atoms with Gasteiger partial charge in [-0.2, -0.15) is 0 Å². The van der Waals surface area contributed by atoms with Crippen LogP contribution in [-0.4, -0.2) is 50.3 Å². The van der Waals surface area contributed by atoms with Gasteiger partial charge in [0.15, 0.2) is 5.75 Å². The maximum absolute atomic E-state index is 6.92. The van der Waals surface area contributed by atoms with E-state index in [1.165, 1.54) is 11.3 Å². The number of anilines is 2. The molecule has 3 aliphatic heterocycles. The fourth-order valence-electron chi connectivity index (χ4n) is 5.33. The van der Waals surface area contributed by atoms with E-state index in [-0.39, 0.29) is 5.41 Å². The molecule has 1 atom stereocenters. The van der Waals surface area contributed by atoms with Crippen molar-refractivity contribution in [3.8, 4) is 5.75 Å². The van der Waals surface area contributed by atoms with Crippen molar-refractivity contribution < 1.29 is 9.47 Å². The van der Waals surface area contributed by atoms with Crippen LogP contribution in [0.3, 0.4) is 0 Å². The van der Waals surface area contributed by atoms with Crippen LogP contribution in [0.1, 0.15) is 19.4 Å². The van der Waals surface area contributed by atoms with Gasteiger partial charge in [0.2, 0.25) is 5.72 Å². The number of hydrogen-bond acceptors (Lipinski definition) is 6. The summed E-state index contributed by atoms with van der Waals surface area (Å²) < 4.78 is 12.5. The first kappa shape index (κ1) is 18.6. The minimum atomic E-state index is -0.693. The normalized spacial score (nSPS) is 23.7. The van der Waals surface area contributed by atoms with Crippen LogP contribution in [0.25, 0.3) is 10.9 Å². The predicted molar refractivity (Wildman–Crippen MR) is 124 cm³/mol. The van der Waals surface area contributed by atoms with Crippen LogP contribution >= 0.6 is 0 Å². The van der Waals surface area contributed by atoms with Gasteiger partial charge in [-0.25, -0.2) is 0 Å². The zero-order valence-corrected chi connectivity index (χ0v) is 18.1. The molecule has 2 aromatic carbocycles. The van der Waals surface area contributed by atoms with Gasteiger partial charge in [0, 0.05) is 43.5 Å². The molecule has 0 saturated carbocycles. The van der Waals surface area contributed by atoms with E-state index in [1.54, 1.807) is 0 Å². The van der Waals surface area contributed by atoms with Crippen molar-refractivity contribution in [2.24, 2.45) is 4.99 Å². The number of benzene rings is 2. The van der Waals surface area contributed by atoms with Crippen molar-refractivity contribution in [2.45, 2.75) is 25.0 Å². The molecule has 1 spiro atoms. The minimum absolute atomic E-state index is 0.275. The molecule has 6 nitrogen and oxygen atoms in total. The fourth-order valence-corrected chi connectivity index (χ4v) is 5.33. The molecule has 4 heterocycles. The van der Waals surface area contributed by atoms with Crippen LogP contribution in [0.4, 0.5) is 17.1 Å². The van der Waals surface area contributed by atoms with E-state index in [0.717, 1.165) is 54.3 Å². The molecule has 1 aromatic heterocycles. The Morgan fingerprint density at radius 1 is 1.00 bits per heavy atom. The minimum Gasteiger partial charge on any atom is -0.459 e. The van der Waals surface area contributed by atoms with Gasteiger partial charge < -0.3 is 19.3 Å². The Kier molecular flexibility index (Phi) is 3.87. The molecule has 31 heavy (non-hydrogen) atoms. The summed E-state index contributed by atoms with van der Waals surface area (Å²) in [6, 6.07) is 14.7. The van der Waals surface area contributed by atoms with E-state index in [4.69, 9.17) is 19.5 Å². The standard InChI is InChI=1S/C25H26N4O2/c1-24(2)18-8-4-5-9-19(18)28(3)25(24)16-27-23-17-7-6-10-26-22(17)20(15-21(23)31-25)29-11-13-30-14-12-29/h4-10,15-16H,11-14H2,1-3H3. The highest BCUT2D eigenvalue weighted by atomic mass is 16.5. The van der Waals surface area contributed by atoms with Crippen LogP contribution in [-0.2, 0) is 10.2 Å². The number of aliphatic imine (C=N–C) groups is 1. The van der Waals surface area contributed by atoms with Gasteiger partial charge in [-0.05, 0) is 37.6 Å². The van der Waals surface area contributed by atoms with Crippen LogP contribution < -0.4 is 14.5 Å². The topological polar surface area (TPSA) is 50.2 Å². The smallest absolute Gasteiger partial charge is 0.228 e. The molecule has 0 amide bonds. The van der Waals surface area contributed by atoms with Crippen molar-refractivity contribution in [1.82, 2.24) is 4.98 Å². The quantitative estimate of drug-likeness (QED) is 0.595. The van der Waals surface area contributed by atoms with Gasteiger partial charge in [-0.1, -0.05) is 18.2 Å². The van der Waals surface area contributed by atoms with Crippen LogP contribution in [0.5, 0.6) is 5.75 Å². The second-order valence-corrected chi connectivity index (χ2v) is 9.00. The highest BCUT2D eigenvalue weighted by molar-refractivity contribution is 6.04. The maximum atomic E-state index is 6.92.